The number of hydrogen-bond donors (Lipinski definition) is 1. The number of anilines is 1. The molecule has 0 radical (unpaired) electrons. The van der Waals surface area contributed by atoms with Gasteiger partial charge in [-0.25, -0.2) is 9.67 Å². The lowest BCUT2D eigenvalue weighted by Gasteiger charge is -2.15. The molecule has 28 heavy (non-hydrogen) atoms. The maximum atomic E-state index is 12.4. The number of aryl methyl sites for hydroxylation is 1. The third-order valence-corrected chi connectivity index (χ3v) is 4.19. The highest BCUT2D eigenvalue weighted by Crippen LogP contribution is 2.17. The van der Waals surface area contributed by atoms with Gasteiger partial charge in [-0.05, 0) is 62.2 Å². The fourth-order valence-electron chi connectivity index (χ4n) is 2.60. The fraction of sp³-hybridized carbons (Fsp3) is 0.238. The van der Waals surface area contributed by atoms with Crippen LogP contribution in [0.2, 0.25) is 0 Å². The van der Waals surface area contributed by atoms with Gasteiger partial charge < -0.3 is 14.8 Å². The van der Waals surface area contributed by atoms with Crippen LogP contribution >= 0.6 is 0 Å². The van der Waals surface area contributed by atoms with Crippen LogP contribution in [0.3, 0.4) is 0 Å². The number of ether oxygens (including phenoxy) is 1. The van der Waals surface area contributed by atoms with E-state index in [1.807, 2.05) is 36.4 Å². The number of amides is 1. The molecule has 1 N–H and O–H groups in total. The molecule has 0 bridgehead atoms. The van der Waals surface area contributed by atoms with Crippen LogP contribution in [-0.2, 0) is 16.0 Å². The van der Waals surface area contributed by atoms with Gasteiger partial charge in [0.15, 0.2) is 6.10 Å². The second kappa shape index (κ2) is 8.94. The first-order chi connectivity index (χ1) is 13.5. The van der Waals surface area contributed by atoms with Crippen molar-refractivity contribution < 1.29 is 14.3 Å². The van der Waals surface area contributed by atoms with Crippen LogP contribution in [0.15, 0.2) is 61.2 Å². The molecule has 0 aliphatic carbocycles. The number of carbonyl (C=O) groups is 2. The standard InChI is InChI=1S/C21H22N4O3/c1-15(26)3-4-17-5-11-20(12-6-17)28-16(2)21(27)24-18-7-9-19(10-8-18)25-14-22-13-23-25/h5-14,16H,3-4H2,1-2H3,(H,24,27). The molecule has 7 nitrogen and oxygen atoms in total. The van der Waals surface area contributed by atoms with Gasteiger partial charge in [0.2, 0.25) is 0 Å². The van der Waals surface area contributed by atoms with Gasteiger partial charge >= 0.3 is 0 Å². The summed E-state index contributed by atoms with van der Waals surface area (Å²) in [5.74, 6) is 0.532. The van der Waals surface area contributed by atoms with Gasteiger partial charge in [0.25, 0.3) is 5.91 Å². The average molecular weight is 378 g/mol. The van der Waals surface area contributed by atoms with E-state index in [2.05, 4.69) is 15.4 Å². The Labute approximate surface area is 163 Å². The van der Waals surface area contributed by atoms with Crippen LogP contribution in [0, 0.1) is 0 Å². The normalized spacial score (nSPS) is 11.6. The second-order valence-corrected chi connectivity index (χ2v) is 6.48. The van der Waals surface area contributed by atoms with Crippen LogP contribution in [-0.4, -0.2) is 32.6 Å². The van der Waals surface area contributed by atoms with Crippen LogP contribution in [0.1, 0.15) is 25.8 Å². The van der Waals surface area contributed by atoms with Crippen LogP contribution in [0.4, 0.5) is 5.69 Å². The van der Waals surface area contributed by atoms with Crippen molar-refractivity contribution in [1.29, 1.82) is 0 Å². The third kappa shape index (κ3) is 5.26. The maximum absolute atomic E-state index is 12.4. The molecule has 1 aromatic heterocycles. The van der Waals surface area contributed by atoms with Crippen molar-refractivity contribution in [2.75, 3.05) is 5.32 Å². The predicted octanol–water partition coefficient (Wildman–Crippen LogP) is 3.19. The average Bonchev–Trinajstić information content (AvgIpc) is 3.22. The van der Waals surface area contributed by atoms with Crippen molar-refractivity contribution in [2.45, 2.75) is 32.8 Å². The Balaban J connectivity index is 1.53. The Morgan fingerprint density at radius 2 is 1.82 bits per heavy atom. The molecule has 1 heterocycles. The van der Waals surface area contributed by atoms with E-state index < -0.39 is 6.10 Å². The maximum Gasteiger partial charge on any atom is 0.265 e. The summed E-state index contributed by atoms with van der Waals surface area (Å²) in [5, 5.41) is 6.89. The Bertz CT molecular complexity index is 919. The summed E-state index contributed by atoms with van der Waals surface area (Å²) in [6.07, 6.45) is 3.64. The molecule has 1 unspecified atom stereocenters. The zero-order chi connectivity index (χ0) is 19.9. The van der Waals surface area contributed by atoms with E-state index in [-0.39, 0.29) is 11.7 Å². The molecule has 144 valence electrons. The lowest BCUT2D eigenvalue weighted by molar-refractivity contribution is -0.122. The summed E-state index contributed by atoms with van der Waals surface area (Å²) < 4.78 is 7.35. The quantitative estimate of drug-likeness (QED) is 0.650. The van der Waals surface area contributed by atoms with Gasteiger partial charge in [0.05, 0.1) is 5.69 Å². The molecule has 7 heteroatoms. The molecule has 3 aromatic rings. The van der Waals surface area contributed by atoms with Gasteiger partial charge in [0.1, 0.15) is 24.2 Å². The number of ketones is 1. The second-order valence-electron chi connectivity index (χ2n) is 6.48. The largest absolute Gasteiger partial charge is 0.481 e. The highest BCUT2D eigenvalue weighted by Gasteiger charge is 2.15. The van der Waals surface area contributed by atoms with E-state index in [4.69, 9.17) is 4.74 Å². The smallest absolute Gasteiger partial charge is 0.265 e. The summed E-state index contributed by atoms with van der Waals surface area (Å²) in [5.41, 5.74) is 2.58. The molecule has 0 fully saturated rings. The lowest BCUT2D eigenvalue weighted by Crippen LogP contribution is -2.30. The summed E-state index contributed by atoms with van der Waals surface area (Å²) in [6.45, 7) is 3.28. The van der Waals surface area contributed by atoms with E-state index in [9.17, 15) is 9.59 Å². The highest BCUT2D eigenvalue weighted by molar-refractivity contribution is 5.94. The van der Waals surface area contributed by atoms with Crippen LogP contribution < -0.4 is 10.1 Å². The Morgan fingerprint density at radius 3 is 2.43 bits per heavy atom. The molecule has 0 aliphatic rings. The number of aromatic nitrogens is 3. The minimum atomic E-state index is -0.655. The van der Waals surface area contributed by atoms with Gasteiger partial charge in [0, 0.05) is 12.1 Å². The van der Waals surface area contributed by atoms with Gasteiger partial charge in [-0.15, -0.1) is 0 Å². The topological polar surface area (TPSA) is 86.1 Å². The molecule has 0 saturated carbocycles. The zero-order valence-electron chi connectivity index (χ0n) is 15.8. The van der Waals surface area contributed by atoms with Crippen molar-refractivity contribution in [3.8, 4) is 11.4 Å². The van der Waals surface area contributed by atoms with Crippen LogP contribution in [0.5, 0.6) is 5.75 Å². The van der Waals surface area contributed by atoms with Crippen molar-refractivity contribution in [2.24, 2.45) is 0 Å². The number of rotatable bonds is 8. The molecule has 0 aliphatic heterocycles. The third-order valence-electron chi connectivity index (χ3n) is 4.19. The number of carbonyl (C=O) groups excluding carboxylic acids is 2. The summed E-state index contributed by atoms with van der Waals surface area (Å²) in [7, 11) is 0. The van der Waals surface area contributed by atoms with E-state index in [0.717, 1.165) is 11.3 Å². The SMILES string of the molecule is CC(=O)CCc1ccc(OC(C)C(=O)Nc2ccc(-n3cncn3)cc2)cc1. The first-order valence-corrected chi connectivity index (χ1v) is 9.02. The number of Topliss-reactive ketones (excluding diaryl/α,β-unsaturated/α-hetero) is 1. The number of benzene rings is 2. The summed E-state index contributed by atoms with van der Waals surface area (Å²) in [4.78, 5) is 27.3. The van der Waals surface area contributed by atoms with E-state index >= 15 is 0 Å². The molecule has 0 spiro atoms. The number of nitrogens with zero attached hydrogens (tertiary/aromatic N) is 3. The monoisotopic (exact) mass is 378 g/mol. The first-order valence-electron chi connectivity index (χ1n) is 9.02. The van der Waals surface area contributed by atoms with Crippen LogP contribution in [0.25, 0.3) is 5.69 Å². The zero-order valence-corrected chi connectivity index (χ0v) is 15.8. The number of nitrogens with one attached hydrogen (secondary N) is 1. The molecular weight excluding hydrogens is 356 g/mol. The first kappa shape index (κ1) is 19.3. The van der Waals surface area contributed by atoms with Crippen molar-refractivity contribution in [3.05, 3.63) is 66.7 Å². The highest BCUT2D eigenvalue weighted by atomic mass is 16.5. The molecule has 1 amide bonds. The summed E-state index contributed by atoms with van der Waals surface area (Å²) >= 11 is 0. The predicted molar refractivity (Wildman–Crippen MR) is 106 cm³/mol. The Kier molecular flexibility index (Phi) is 6.16. The van der Waals surface area contributed by atoms with E-state index in [0.29, 0.717) is 24.3 Å². The Morgan fingerprint density at radius 1 is 1.11 bits per heavy atom. The molecule has 2 aromatic carbocycles. The van der Waals surface area contributed by atoms with Crippen molar-refractivity contribution >= 4 is 17.4 Å². The Hall–Kier alpha value is -3.48. The van der Waals surface area contributed by atoms with Crippen molar-refractivity contribution in [1.82, 2.24) is 14.8 Å². The van der Waals surface area contributed by atoms with E-state index in [1.54, 1.807) is 37.0 Å². The minimum Gasteiger partial charge on any atom is -0.481 e. The fourth-order valence-corrected chi connectivity index (χ4v) is 2.60. The van der Waals surface area contributed by atoms with Gasteiger partial charge in [-0.3, -0.25) is 4.79 Å². The van der Waals surface area contributed by atoms with Gasteiger partial charge in [-0.2, -0.15) is 5.10 Å². The molecule has 0 saturated heterocycles. The van der Waals surface area contributed by atoms with Gasteiger partial charge in [-0.1, -0.05) is 12.1 Å². The minimum absolute atomic E-state index is 0.167. The summed E-state index contributed by atoms with van der Waals surface area (Å²) in [6, 6.07) is 14.7. The number of hydrogen-bond acceptors (Lipinski definition) is 5. The van der Waals surface area contributed by atoms with E-state index in [1.165, 1.54) is 6.33 Å². The molecular formula is C21H22N4O3. The molecule has 3 rings (SSSR count). The molecule has 1 atom stereocenters. The van der Waals surface area contributed by atoms with Crippen molar-refractivity contribution in [3.63, 3.8) is 0 Å². The lowest BCUT2D eigenvalue weighted by atomic mass is 10.1.